The summed E-state index contributed by atoms with van der Waals surface area (Å²) in [7, 11) is 0. The Labute approximate surface area is 118 Å². The number of nitrogen functional groups attached to an aromatic ring is 1. The van der Waals surface area contributed by atoms with Gasteiger partial charge in [-0.25, -0.2) is 4.98 Å². The van der Waals surface area contributed by atoms with Gasteiger partial charge in [0.15, 0.2) is 0 Å². The molecule has 108 valence electrons. The van der Waals surface area contributed by atoms with Crippen molar-refractivity contribution in [1.82, 2.24) is 9.97 Å². The van der Waals surface area contributed by atoms with Crippen LogP contribution in [-0.2, 0) is 0 Å². The first kappa shape index (κ1) is 13.2. The van der Waals surface area contributed by atoms with E-state index in [-0.39, 0.29) is 0 Å². The standard InChI is InChI=1S/C15H22N4O/c1-10-4-6-15(20,7-5-10)9-17-14-18-12-3-2-11(16)8-13(12)19-14/h2-3,8,10,20H,4-7,9,16H2,1H3,(H2,17,18,19). The number of hydrogen-bond donors (Lipinski definition) is 4. The fourth-order valence-electron chi connectivity index (χ4n) is 2.84. The molecule has 1 aliphatic rings. The Morgan fingerprint density at radius 2 is 2.20 bits per heavy atom. The van der Waals surface area contributed by atoms with Gasteiger partial charge in [-0.15, -0.1) is 0 Å². The lowest BCUT2D eigenvalue weighted by molar-refractivity contribution is 0.00489. The smallest absolute Gasteiger partial charge is 0.201 e. The molecule has 0 spiro atoms. The number of nitrogens with two attached hydrogens (primary N) is 1. The molecule has 3 rings (SSSR count). The third kappa shape index (κ3) is 2.72. The second kappa shape index (κ2) is 4.98. The van der Waals surface area contributed by atoms with Crippen LogP contribution < -0.4 is 11.1 Å². The fourth-order valence-corrected chi connectivity index (χ4v) is 2.84. The SMILES string of the molecule is CC1CCC(O)(CNc2nc3ccc(N)cc3[nH]2)CC1. The van der Waals surface area contributed by atoms with Gasteiger partial charge in [-0.05, 0) is 49.8 Å². The summed E-state index contributed by atoms with van der Waals surface area (Å²) in [4.78, 5) is 7.64. The summed E-state index contributed by atoms with van der Waals surface area (Å²) in [6, 6.07) is 5.59. The van der Waals surface area contributed by atoms with Gasteiger partial charge in [-0.2, -0.15) is 0 Å². The van der Waals surface area contributed by atoms with Crippen molar-refractivity contribution in [2.45, 2.75) is 38.2 Å². The first-order valence-corrected chi connectivity index (χ1v) is 7.26. The average molecular weight is 274 g/mol. The maximum atomic E-state index is 10.5. The van der Waals surface area contributed by atoms with Crippen molar-refractivity contribution >= 4 is 22.7 Å². The third-order valence-corrected chi connectivity index (χ3v) is 4.30. The van der Waals surface area contributed by atoms with E-state index in [1.165, 1.54) is 0 Å². The average Bonchev–Trinajstić information content (AvgIpc) is 2.82. The van der Waals surface area contributed by atoms with E-state index in [1.54, 1.807) is 0 Å². The molecule has 1 aromatic heterocycles. The number of rotatable bonds is 3. The summed E-state index contributed by atoms with van der Waals surface area (Å²) in [6.45, 7) is 2.78. The molecule has 5 nitrogen and oxygen atoms in total. The third-order valence-electron chi connectivity index (χ3n) is 4.30. The zero-order valence-corrected chi connectivity index (χ0v) is 11.8. The van der Waals surface area contributed by atoms with E-state index in [2.05, 4.69) is 22.2 Å². The summed E-state index contributed by atoms with van der Waals surface area (Å²) >= 11 is 0. The van der Waals surface area contributed by atoms with Gasteiger partial charge in [0.1, 0.15) is 0 Å². The molecule has 0 unspecified atom stereocenters. The van der Waals surface area contributed by atoms with Crippen molar-refractivity contribution in [2.75, 3.05) is 17.6 Å². The van der Waals surface area contributed by atoms with Gasteiger partial charge in [0.2, 0.25) is 5.95 Å². The second-order valence-electron chi connectivity index (χ2n) is 6.12. The quantitative estimate of drug-likeness (QED) is 0.648. The Bertz CT molecular complexity index is 599. The van der Waals surface area contributed by atoms with Crippen LogP contribution in [-0.4, -0.2) is 27.2 Å². The number of nitrogens with zero attached hydrogens (tertiary/aromatic N) is 1. The highest BCUT2D eigenvalue weighted by molar-refractivity contribution is 5.80. The number of anilines is 2. The number of aromatic amines is 1. The Kier molecular flexibility index (Phi) is 3.30. The first-order chi connectivity index (χ1) is 9.54. The van der Waals surface area contributed by atoms with Gasteiger partial charge in [0, 0.05) is 12.2 Å². The molecular formula is C15H22N4O. The Morgan fingerprint density at radius 3 is 2.95 bits per heavy atom. The molecule has 2 aromatic rings. The van der Waals surface area contributed by atoms with E-state index >= 15 is 0 Å². The molecule has 20 heavy (non-hydrogen) atoms. The van der Waals surface area contributed by atoms with Crippen molar-refractivity contribution in [3.63, 3.8) is 0 Å². The van der Waals surface area contributed by atoms with Gasteiger partial charge in [0.05, 0.1) is 16.6 Å². The number of benzene rings is 1. The highest BCUT2D eigenvalue weighted by Crippen LogP contribution is 2.31. The van der Waals surface area contributed by atoms with E-state index in [0.717, 1.165) is 42.6 Å². The number of fused-ring (bicyclic) bond motifs is 1. The zero-order chi connectivity index (χ0) is 14.2. The number of aliphatic hydroxyl groups is 1. The topological polar surface area (TPSA) is 87.0 Å². The molecule has 0 amide bonds. The van der Waals surface area contributed by atoms with Crippen LogP contribution in [0.25, 0.3) is 11.0 Å². The zero-order valence-electron chi connectivity index (χ0n) is 11.8. The van der Waals surface area contributed by atoms with E-state index < -0.39 is 5.60 Å². The van der Waals surface area contributed by atoms with Crippen LogP contribution in [0.1, 0.15) is 32.6 Å². The first-order valence-electron chi connectivity index (χ1n) is 7.26. The minimum Gasteiger partial charge on any atom is -0.399 e. The van der Waals surface area contributed by atoms with E-state index in [9.17, 15) is 5.11 Å². The lowest BCUT2D eigenvalue weighted by Crippen LogP contribution is -2.40. The van der Waals surface area contributed by atoms with Crippen LogP contribution in [0.5, 0.6) is 0 Å². The van der Waals surface area contributed by atoms with Gasteiger partial charge in [-0.3, -0.25) is 0 Å². The molecule has 0 saturated heterocycles. The predicted molar refractivity (Wildman–Crippen MR) is 81.6 cm³/mol. The molecule has 0 radical (unpaired) electrons. The second-order valence-corrected chi connectivity index (χ2v) is 6.12. The maximum absolute atomic E-state index is 10.5. The normalized spacial score (nSPS) is 26.8. The summed E-state index contributed by atoms with van der Waals surface area (Å²) < 4.78 is 0. The van der Waals surface area contributed by atoms with Crippen molar-refractivity contribution in [3.05, 3.63) is 18.2 Å². The van der Waals surface area contributed by atoms with Gasteiger partial charge >= 0.3 is 0 Å². The maximum Gasteiger partial charge on any atom is 0.201 e. The van der Waals surface area contributed by atoms with Gasteiger partial charge in [0.25, 0.3) is 0 Å². The molecule has 0 bridgehead atoms. The molecule has 0 aliphatic heterocycles. The van der Waals surface area contributed by atoms with Crippen LogP contribution in [0, 0.1) is 5.92 Å². The summed E-state index contributed by atoms with van der Waals surface area (Å²) in [5.74, 6) is 1.42. The van der Waals surface area contributed by atoms with Gasteiger partial charge < -0.3 is 21.1 Å². The minimum atomic E-state index is -0.607. The molecule has 1 heterocycles. The van der Waals surface area contributed by atoms with Crippen molar-refractivity contribution < 1.29 is 5.11 Å². The Balaban J connectivity index is 1.67. The predicted octanol–water partition coefficient (Wildman–Crippen LogP) is 2.50. The summed E-state index contributed by atoms with van der Waals surface area (Å²) in [5, 5.41) is 13.8. The molecule has 5 N–H and O–H groups in total. The number of nitrogens with one attached hydrogen (secondary N) is 2. The molecule has 1 aliphatic carbocycles. The monoisotopic (exact) mass is 274 g/mol. The molecule has 1 saturated carbocycles. The Hall–Kier alpha value is -1.75. The van der Waals surface area contributed by atoms with Crippen LogP contribution in [0.4, 0.5) is 11.6 Å². The van der Waals surface area contributed by atoms with E-state index in [1.807, 2.05) is 18.2 Å². The lowest BCUT2D eigenvalue weighted by Gasteiger charge is -2.34. The number of H-pyrrole nitrogens is 1. The van der Waals surface area contributed by atoms with E-state index in [4.69, 9.17) is 5.73 Å². The molecule has 1 fully saturated rings. The minimum absolute atomic E-state index is 0.537. The molecule has 0 atom stereocenters. The molecule has 5 heteroatoms. The van der Waals surface area contributed by atoms with Gasteiger partial charge in [-0.1, -0.05) is 6.92 Å². The largest absolute Gasteiger partial charge is 0.399 e. The lowest BCUT2D eigenvalue weighted by atomic mass is 9.79. The van der Waals surface area contributed by atoms with E-state index in [0.29, 0.717) is 18.2 Å². The molecular weight excluding hydrogens is 252 g/mol. The van der Waals surface area contributed by atoms with Crippen LogP contribution in [0.15, 0.2) is 18.2 Å². The highest BCUT2D eigenvalue weighted by atomic mass is 16.3. The number of imidazole rings is 1. The summed E-state index contributed by atoms with van der Waals surface area (Å²) in [6.07, 6.45) is 3.90. The molecule has 1 aromatic carbocycles. The van der Waals surface area contributed by atoms with Crippen molar-refractivity contribution in [1.29, 1.82) is 0 Å². The van der Waals surface area contributed by atoms with Crippen LogP contribution >= 0.6 is 0 Å². The number of aromatic nitrogens is 2. The Morgan fingerprint density at radius 1 is 1.45 bits per heavy atom. The summed E-state index contributed by atoms with van der Waals surface area (Å²) in [5.41, 5.74) is 7.65. The highest BCUT2D eigenvalue weighted by Gasteiger charge is 2.31. The van der Waals surface area contributed by atoms with Crippen molar-refractivity contribution in [2.24, 2.45) is 5.92 Å². The fraction of sp³-hybridized carbons (Fsp3) is 0.533. The van der Waals surface area contributed by atoms with Crippen LogP contribution in [0.2, 0.25) is 0 Å². The van der Waals surface area contributed by atoms with Crippen LogP contribution in [0.3, 0.4) is 0 Å². The number of hydrogen-bond acceptors (Lipinski definition) is 4. The van der Waals surface area contributed by atoms with Crippen molar-refractivity contribution in [3.8, 4) is 0 Å².